The Kier molecular flexibility index (Phi) is 2.52. The Balaban J connectivity index is 1.95. The largest absolute Gasteiger partial charge is 0.463 e. The van der Waals surface area contributed by atoms with Crippen LogP contribution in [0.4, 0.5) is 0 Å². The van der Waals surface area contributed by atoms with E-state index < -0.39 is 0 Å². The zero-order valence-corrected chi connectivity index (χ0v) is 10.3. The smallest absolute Gasteiger partial charge is 0.220 e. The van der Waals surface area contributed by atoms with E-state index in [9.17, 15) is 0 Å². The standard InChI is InChI=1S/C15H13NO2/c1-10-5-11(2)7-13(6-10)18-15-8-12-3-4-17-14(12)9-16-15/h3-9H,1-2H3. The molecule has 3 aromatic rings. The van der Waals surface area contributed by atoms with Crippen molar-refractivity contribution < 1.29 is 9.15 Å². The number of benzene rings is 1. The summed E-state index contributed by atoms with van der Waals surface area (Å²) in [6.07, 6.45) is 3.32. The monoisotopic (exact) mass is 239 g/mol. The van der Waals surface area contributed by atoms with E-state index in [4.69, 9.17) is 9.15 Å². The number of aryl methyl sites for hydroxylation is 2. The predicted molar refractivity (Wildman–Crippen MR) is 70.0 cm³/mol. The molecule has 0 saturated heterocycles. The highest BCUT2D eigenvalue weighted by Gasteiger charge is 2.03. The van der Waals surface area contributed by atoms with Crippen LogP contribution in [0.15, 0.2) is 47.2 Å². The average molecular weight is 239 g/mol. The highest BCUT2D eigenvalue weighted by atomic mass is 16.5. The highest BCUT2D eigenvalue weighted by molar-refractivity contribution is 5.77. The molecule has 0 N–H and O–H groups in total. The topological polar surface area (TPSA) is 35.3 Å². The van der Waals surface area contributed by atoms with E-state index in [0.717, 1.165) is 16.7 Å². The summed E-state index contributed by atoms with van der Waals surface area (Å²) in [5.41, 5.74) is 3.12. The van der Waals surface area contributed by atoms with Crippen LogP contribution >= 0.6 is 0 Å². The second-order valence-corrected chi connectivity index (χ2v) is 4.41. The molecule has 3 heteroatoms. The van der Waals surface area contributed by atoms with Crippen LogP contribution in [0.5, 0.6) is 11.6 Å². The molecular weight excluding hydrogens is 226 g/mol. The minimum atomic E-state index is 0.578. The van der Waals surface area contributed by atoms with Gasteiger partial charge >= 0.3 is 0 Å². The van der Waals surface area contributed by atoms with E-state index in [0.29, 0.717) is 5.88 Å². The van der Waals surface area contributed by atoms with Crippen LogP contribution in [0.1, 0.15) is 11.1 Å². The molecule has 18 heavy (non-hydrogen) atoms. The number of ether oxygens (including phenoxy) is 1. The first-order valence-electron chi connectivity index (χ1n) is 5.80. The lowest BCUT2D eigenvalue weighted by molar-refractivity contribution is 0.462. The van der Waals surface area contributed by atoms with Crippen molar-refractivity contribution in [1.29, 1.82) is 0 Å². The fraction of sp³-hybridized carbons (Fsp3) is 0.133. The molecule has 0 amide bonds. The van der Waals surface area contributed by atoms with Crippen LogP contribution in [0, 0.1) is 13.8 Å². The average Bonchev–Trinajstić information content (AvgIpc) is 2.74. The first kappa shape index (κ1) is 10.8. The van der Waals surface area contributed by atoms with Gasteiger partial charge in [0, 0.05) is 11.5 Å². The van der Waals surface area contributed by atoms with Crippen molar-refractivity contribution in [3.63, 3.8) is 0 Å². The molecule has 2 heterocycles. The number of hydrogen-bond acceptors (Lipinski definition) is 3. The first-order chi connectivity index (χ1) is 8.70. The molecule has 0 radical (unpaired) electrons. The number of rotatable bonds is 2. The molecular formula is C15H13NO2. The molecule has 0 unspecified atom stereocenters. The molecule has 90 valence electrons. The van der Waals surface area contributed by atoms with E-state index in [1.165, 1.54) is 11.1 Å². The summed E-state index contributed by atoms with van der Waals surface area (Å²) in [6, 6.07) is 9.86. The number of furan rings is 1. The maximum absolute atomic E-state index is 5.76. The fourth-order valence-corrected chi connectivity index (χ4v) is 2.02. The van der Waals surface area contributed by atoms with Gasteiger partial charge in [-0.05, 0) is 43.2 Å². The van der Waals surface area contributed by atoms with Crippen molar-refractivity contribution in [3.05, 3.63) is 53.9 Å². The normalized spacial score (nSPS) is 10.8. The van der Waals surface area contributed by atoms with Crippen molar-refractivity contribution in [2.75, 3.05) is 0 Å². The number of pyridine rings is 1. The second kappa shape index (κ2) is 4.18. The van der Waals surface area contributed by atoms with Crippen LogP contribution in [-0.2, 0) is 0 Å². The molecule has 0 bridgehead atoms. The molecule has 3 rings (SSSR count). The lowest BCUT2D eigenvalue weighted by atomic mass is 10.1. The molecule has 0 atom stereocenters. The van der Waals surface area contributed by atoms with Crippen LogP contribution < -0.4 is 4.74 Å². The van der Waals surface area contributed by atoms with Gasteiger partial charge in [0.1, 0.15) is 5.75 Å². The third-order valence-corrected chi connectivity index (χ3v) is 2.73. The Morgan fingerprint density at radius 3 is 2.61 bits per heavy atom. The number of hydrogen-bond donors (Lipinski definition) is 0. The van der Waals surface area contributed by atoms with Gasteiger partial charge in [-0.15, -0.1) is 0 Å². The highest BCUT2D eigenvalue weighted by Crippen LogP contribution is 2.25. The molecule has 0 aliphatic carbocycles. The lowest BCUT2D eigenvalue weighted by Crippen LogP contribution is -1.89. The number of nitrogens with zero attached hydrogens (tertiary/aromatic N) is 1. The van der Waals surface area contributed by atoms with Crippen molar-refractivity contribution in [1.82, 2.24) is 4.98 Å². The molecule has 0 aliphatic heterocycles. The van der Waals surface area contributed by atoms with E-state index in [-0.39, 0.29) is 0 Å². The summed E-state index contributed by atoms with van der Waals surface area (Å²) in [6.45, 7) is 4.10. The van der Waals surface area contributed by atoms with Crippen LogP contribution in [0.25, 0.3) is 11.0 Å². The van der Waals surface area contributed by atoms with E-state index in [1.807, 2.05) is 38.1 Å². The summed E-state index contributed by atoms with van der Waals surface area (Å²) in [7, 11) is 0. The Morgan fingerprint density at radius 2 is 1.83 bits per heavy atom. The first-order valence-corrected chi connectivity index (χ1v) is 5.80. The van der Waals surface area contributed by atoms with Crippen LogP contribution in [-0.4, -0.2) is 4.98 Å². The van der Waals surface area contributed by atoms with Gasteiger partial charge in [-0.3, -0.25) is 0 Å². The number of fused-ring (bicyclic) bond motifs is 1. The Bertz CT molecular complexity index is 680. The van der Waals surface area contributed by atoms with Gasteiger partial charge in [0.25, 0.3) is 0 Å². The second-order valence-electron chi connectivity index (χ2n) is 4.41. The minimum absolute atomic E-state index is 0.578. The van der Waals surface area contributed by atoms with Gasteiger partial charge in [0.2, 0.25) is 5.88 Å². The Morgan fingerprint density at radius 1 is 1.06 bits per heavy atom. The van der Waals surface area contributed by atoms with Crippen LogP contribution in [0.3, 0.4) is 0 Å². The van der Waals surface area contributed by atoms with E-state index in [1.54, 1.807) is 12.5 Å². The lowest BCUT2D eigenvalue weighted by Gasteiger charge is -2.06. The fourth-order valence-electron chi connectivity index (χ4n) is 2.02. The quantitative estimate of drug-likeness (QED) is 0.671. The van der Waals surface area contributed by atoms with Gasteiger partial charge < -0.3 is 9.15 Å². The third kappa shape index (κ3) is 2.07. The summed E-state index contributed by atoms with van der Waals surface area (Å²) in [5.74, 6) is 1.39. The van der Waals surface area contributed by atoms with Crippen molar-refractivity contribution in [2.45, 2.75) is 13.8 Å². The SMILES string of the molecule is Cc1cc(C)cc(Oc2cc3ccoc3cn2)c1. The van der Waals surface area contributed by atoms with E-state index in [2.05, 4.69) is 11.1 Å². The van der Waals surface area contributed by atoms with Crippen molar-refractivity contribution in [3.8, 4) is 11.6 Å². The van der Waals surface area contributed by atoms with Crippen molar-refractivity contribution in [2.24, 2.45) is 0 Å². The zero-order chi connectivity index (χ0) is 12.5. The molecule has 1 aromatic carbocycles. The van der Waals surface area contributed by atoms with Gasteiger partial charge in [0.15, 0.2) is 5.58 Å². The molecule has 2 aromatic heterocycles. The molecule has 0 aliphatic rings. The van der Waals surface area contributed by atoms with Crippen LogP contribution in [0.2, 0.25) is 0 Å². The summed E-state index contributed by atoms with van der Waals surface area (Å²) < 4.78 is 11.0. The Hall–Kier alpha value is -2.29. The van der Waals surface area contributed by atoms with Gasteiger partial charge in [-0.2, -0.15) is 0 Å². The summed E-state index contributed by atoms with van der Waals surface area (Å²) in [5, 5.41) is 0.990. The Labute approximate surface area is 105 Å². The number of aromatic nitrogens is 1. The zero-order valence-electron chi connectivity index (χ0n) is 10.3. The van der Waals surface area contributed by atoms with Gasteiger partial charge in [0.05, 0.1) is 12.5 Å². The third-order valence-electron chi connectivity index (χ3n) is 2.73. The van der Waals surface area contributed by atoms with Crippen molar-refractivity contribution >= 4 is 11.0 Å². The van der Waals surface area contributed by atoms with Gasteiger partial charge in [-0.1, -0.05) is 6.07 Å². The van der Waals surface area contributed by atoms with Gasteiger partial charge in [-0.25, -0.2) is 4.98 Å². The predicted octanol–water partition coefficient (Wildman–Crippen LogP) is 4.24. The summed E-state index contributed by atoms with van der Waals surface area (Å²) >= 11 is 0. The summed E-state index contributed by atoms with van der Waals surface area (Å²) in [4.78, 5) is 4.22. The maximum atomic E-state index is 5.76. The van der Waals surface area contributed by atoms with E-state index >= 15 is 0 Å². The molecule has 3 nitrogen and oxygen atoms in total. The molecule has 0 fully saturated rings. The maximum Gasteiger partial charge on any atom is 0.220 e. The minimum Gasteiger partial charge on any atom is -0.463 e. The molecule has 0 spiro atoms. The molecule has 0 saturated carbocycles.